The first-order chi connectivity index (χ1) is 11.1. The van der Waals surface area contributed by atoms with Crippen LogP contribution in [0, 0.1) is 5.92 Å². The highest BCUT2D eigenvalue weighted by atomic mass is 16.1. The second-order valence-electron chi connectivity index (χ2n) is 6.09. The van der Waals surface area contributed by atoms with Crippen molar-refractivity contribution in [1.82, 2.24) is 15.2 Å². The number of benzene rings is 1. The molecule has 0 spiro atoms. The predicted molar refractivity (Wildman–Crippen MR) is 90.2 cm³/mol. The highest BCUT2D eigenvalue weighted by molar-refractivity contribution is 5.94. The monoisotopic (exact) mass is 311 g/mol. The first-order valence-electron chi connectivity index (χ1n) is 7.94. The van der Waals surface area contributed by atoms with Gasteiger partial charge in [0.15, 0.2) is 11.6 Å². The van der Waals surface area contributed by atoms with Gasteiger partial charge in [-0.15, -0.1) is 5.10 Å². The van der Waals surface area contributed by atoms with E-state index < -0.39 is 0 Å². The van der Waals surface area contributed by atoms with Crippen LogP contribution in [0.2, 0.25) is 0 Å². The molecule has 0 amide bonds. The number of carbonyl (C=O) groups excluding carboxylic acids is 1. The molecule has 1 N–H and O–H groups in total. The maximum Gasteiger partial charge on any atom is 0.249 e. The van der Waals surface area contributed by atoms with Crippen LogP contribution in [-0.2, 0) is 0 Å². The van der Waals surface area contributed by atoms with E-state index in [1.165, 1.54) is 12.8 Å². The fraction of sp³-hybridized carbons (Fsp3) is 0.412. The third-order valence-electron chi connectivity index (χ3n) is 4.07. The molecule has 1 unspecified atom stereocenters. The lowest BCUT2D eigenvalue weighted by molar-refractivity contribution is 0.101. The molecule has 1 saturated heterocycles. The third kappa shape index (κ3) is 3.83. The minimum Gasteiger partial charge on any atom is -0.355 e. The maximum absolute atomic E-state index is 11.3. The number of nitrogens with one attached hydrogen (secondary N) is 1. The van der Waals surface area contributed by atoms with Crippen LogP contribution < -0.4 is 10.2 Å². The zero-order valence-corrected chi connectivity index (χ0v) is 13.5. The van der Waals surface area contributed by atoms with E-state index in [2.05, 4.69) is 32.3 Å². The molecule has 2 aromatic rings. The van der Waals surface area contributed by atoms with Gasteiger partial charge in [-0.1, -0.05) is 6.92 Å². The van der Waals surface area contributed by atoms with Gasteiger partial charge in [0.25, 0.3) is 0 Å². The molecule has 1 aliphatic heterocycles. The van der Waals surface area contributed by atoms with Crippen LogP contribution in [0.4, 0.5) is 17.5 Å². The summed E-state index contributed by atoms with van der Waals surface area (Å²) in [5, 5.41) is 11.2. The lowest BCUT2D eigenvalue weighted by Crippen LogP contribution is -2.35. The van der Waals surface area contributed by atoms with E-state index in [-0.39, 0.29) is 5.78 Å². The van der Waals surface area contributed by atoms with E-state index in [1.807, 2.05) is 12.1 Å². The van der Waals surface area contributed by atoms with Crippen LogP contribution in [0.5, 0.6) is 0 Å². The molecule has 2 heterocycles. The minimum atomic E-state index is 0.0516. The van der Waals surface area contributed by atoms with Crippen molar-refractivity contribution in [1.29, 1.82) is 0 Å². The lowest BCUT2D eigenvalue weighted by atomic mass is 10.0. The van der Waals surface area contributed by atoms with Gasteiger partial charge in [0.1, 0.15) is 0 Å². The Bertz CT molecular complexity index is 686. The zero-order valence-electron chi connectivity index (χ0n) is 13.5. The first-order valence-corrected chi connectivity index (χ1v) is 7.94. The molecule has 1 aromatic carbocycles. The SMILES string of the molecule is CC(=O)c1ccc(Nc2nncc(N3CCCC(C)C3)n2)cc1. The van der Waals surface area contributed by atoms with Crippen molar-refractivity contribution in [2.24, 2.45) is 5.92 Å². The van der Waals surface area contributed by atoms with Gasteiger partial charge in [-0.2, -0.15) is 10.1 Å². The molecule has 0 aliphatic carbocycles. The molecule has 1 fully saturated rings. The number of nitrogens with zero attached hydrogens (tertiary/aromatic N) is 4. The van der Waals surface area contributed by atoms with Crippen molar-refractivity contribution in [3.63, 3.8) is 0 Å². The summed E-state index contributed by atoms with van der Waals surface area (Å²) in [6, 6.07) is 7.26. The van der Waals surface area contributed by atoms with E-state index >= 15 is 0 Å². The molecule has 6 heteroatoms. The van der Waals surface area contributed by atoms with Gasteiger partial charge in [0, 0.05) is 24.3 Å². The number of hydrogen-bond acceptors (Lipinski definition) is 6. The fourth-order valence-electron chi connectivity index (χ4n) is 2.82. The Morgan fingerprint density at radius 2 is 2.09 bits per heavy atom. The quantitative estimate of drug-likeness (QED) is 0.875. The average Bonchev–Trinajstić information content (AvgIpc) is 2.56. The van der Waals surface area contributed by atoms with Crippen LogP contribution >= 0.6 is 0 Å². The minimum absolute atomic E-state index is 0.0516. The molecule has 23 heavy (non-hydrogen) atoms. The van der Waals surface area contributed by atoms with Gasteiger partial charge in [0.05, 0.1) is 6.20 Å². The standard InChI is InChI=1S/C17H21N5O/c1-12-4-3-9-22(11-12)16-10-18-21-17(20-16)19-15-7-5-14(6-8-15)13(2)23/h5-8,10,12H,3-4,9,11H2,1-2H3,(H,19,20,21). The van der Waals surface area contributed by atoms with Crippen molar-refractivity contribution in [3.05, 3.63) is 36.0 Å². The van der Waals surface area contributed by atoms with Crippen LogP contribution in [-0.4, -0.2) is 34.1 Å². The van der Waals surface area contributed by atoms with Crippen LogP contribution in [0.3, 0.4) is 0 Å². The summed E-state index contributed by atoms with van der Waals surface area (Å²) in [4.78, 5) is 18.1. The van der Waals surface area contributed by atoms with E-state index in [0.717, 1.165) is 24.6 Å². The predicted octanol–water partition coefficient (Wildman–Crippen LogP) is 3.05. The smallest absolute Gasteiger partial charge is 0.249 e. The molecule has 0 radical (unpaired) electrons. The number of rotatable bonds is 4. The Kier molecular flexibility index (Phi) is 4.50. The van der Waals surface area contributed by atoms with E-state index in [0.29, 0.717) is 17.4 Å². The molecule has 1 atom stereocenters. The van der Waals surface area contributed by atoms with Gasteiger partial charge in [-0.25, -0.2) is 0 Å². The van der Waals surface area contributed by atoms with Crippen molar-refractivity contribution < 1.29 is 4.79 Å². The number of anilines is 3. The van der Waals surface area contributed by atoms with Gasteiger partial charge >= 0.3 is 0 Å². The summed E-state index contributed by atoms with van der Waals surface area (Å²) in [7, 11) is 0. The van der Waals surface area contributed by atoms with E-state index in [9.17, 15) is 4.79 Å². The number of ketones is 1. The number of carbonyl (C=O) groups is 1. The van der Waals surface area contributed by atoms with Crippen molar-refractivity contribution in [2.45, 2.75) is 26.7 Å². The summed E-state index contributed by atoms with van der Waals surface area (Å²) >= 11 is 0. The van der Waals surface area contributed by atoms with Gasteiger partial charge in [-0.3, -0.25) is 4.79 Å². The van der Waals surface area contributed by atoms with Crippen LogP contribution in [0.1, 0.15) is 37.0 Å². The van der Waals surface area contributed by atoms with Gasteiger partial charge < -0.3 is 10.2 Å². The molecular weight excluding hydrogens is 290 g/mol. The van der Waals surface area contributed by atoms with Crippen molar-refractivity contribution in [2.75, 3.05) is 23.3 Å². The number of aromatic nitrogens is 3. The number of hydrogen-bond donors (Lipinski definition) is 1. The first kappa shape index (κ1) is 15.4. The molecule has 0 bridgehead atoms. The Morgan fingerprint density at radius 3 is 2.78 bits per heavy atom. The Morgan fingerprint density at radius 1 is 1.30 bits per heavy atom. The summed E-state index contributed by atoms with van der Waals surface area (Å²) in [6.45, 7) is 5.83. The molecular formula is C17H21N5O. The highest BCUT2D eigenvalue weighted by Crippen LogP contribution is 2.22. The molecule has 1 aromatic heterocycles. The molecule has 120 valence electrons. The molecule has 0 saturated carbocycles. The van der Waals surface area contributed by atoms with E-state index in [1.54, 1.807) is 25.3 Å². The van der Waals surface area contributed by atoms with Gasteiger partial charge in [-0.05, 0) is 49.9 Å². The third-order valence-corrected chi connectivity index (χ3v) is 4.07. The van der Waals surface area contributed by atoms with Crippen molar-refractivity contribution in [3.8, 4) is 0 Å². The lowest BCUT2D eigenvalue weighted by Gasteiger charge is -2.31. The van der Waals surface area contributed by atoms with Crippen LogP contribution in [0.15, 0.2) is 30.5 Å². The topological polar surface area (TPSA) is 71.0 Å². The number of piperidine rings is 1. The summed E-state index contributed by atoms with van der Waals surface area (Å²) in [6.07, 6.45) is 4.16. The highest BCUT2D eigenvalue weighted by Gasteiger charge is 2.18. The molecule has 1 aliphatic rings. The Hall–Kier alpha value is -2.50. The number of Topliss-reactive ketones (excluding diaryl/α,β-unsaturated/α-hetero) is 1. The fourth-order valence-corrected chi connectivity index (χ4v) is 2.82. The zero-order chi connectivity index (χ0) is 16.2. The summed E-state index contributed by atoms with van der Waals surface area (Å²) < 4.78 is 0. The van der Waals surface area contributed by atoms with Gasteiger partial charge in [0.2, 0.25) is 5.95 Å². The molecule has 3 rings (SSSR count). The Balaban J connectivity index is 1.73. The average molecular weight is 311 g/mol. The van der Waals surface area contributed by atoms with Crippen LogP contribution in [0.25, 0.3) is 0 Å². The summed E-state index contributed by atoms with van der Waals surface area (Å²) in [5.41, 5.74) is 1.52. The van der Waals surface area contributed by atoms with Crippen molar-refractivity contribution >= 4 is 23.2 Å². The Labute approximate surface area is 136 Å². The largest absolute Gasteiger partial charge is 0.355 e. The molecule has 6 nitrogen and oxygen atoms in total. The second kappa shape index (κ2) is 6.73. The van der Waals surface area contributed by atoms with E-state index in [4.69, 9.17) is 0 Å². The summed E-state index contributed by atoms with van der Waals surface area (Å²) in [5.74, 6) is 2.05. The maximum atomic E-state index is 11.3. The second-order valence-corrected chi connectivity index (χ2v) is 6.09. The normalized spacial score (nSPS) is 17.8.